The predicted molar refractivity (Wildman–Crippen MR) is 96.0 cm³/mol. The molecule has 1 aromatic heterocycles. The average molecular weight is 342 g/mol. The number of nitrogens with two attached hydrogens (primary N) is 1. The molecule has 6 heteroatoms. The quantitative estimate of drug-likeness (QED) is 0.641. The number of aliphatic imine (C=N–C) groups is 1. The van der Waals surface area contributed by atoms with Gasteiger partial charge in [-0.25, -0.2) is 14.4 Å². The second kappa shape index (κ2) is 8.46. The van der Waals surface area contributed by atoms with Gasteiger partial charge < -0.3 is 15.8 Å². The van der Waals surface area contributed by atoms with Crippen molar-refractivity contribution in [2.75, 3.05) is 0 Å². The van der Waals surface area contributed by atoms with Gasteiger partial charge in [-0.2, -0.15) is 0 Å². The van der Waals surface area contributed by atoms with Crippen molar-refractivity contribution in [2.45, 2.75) is 44.7 Å². The fourth-order valence-corrected chi connectivity index (χ4v) is 2.89. The Morgan fingerprint density at radius 1 is 1.24 bits per heavy atom. The number of ether oxygens (including phenoxy) is 1. The Morgan fingerprint density at radius 2 is 2.08 bits per heavy atom. The predicted octanol–water partition coefficient (Wildman–Crippen LogP) is 3.75. The molecule has 1 saturated carbocycles. The molecule has 1 heterocycles. The number of benzene rings is 1. The third kappa shape index (κ3) is 5.45. The molecule has 1 aromatic carbocycles. The standard InChI is InChI=1S/C19H23FN4O/c20-15-5-4-8-17(11-15)25-18-10-9-14(12-22-18)13-23-19(21)24-16-6-2-1-3-7-16/h4-5,8-12,16H,1-3,6-7,13H2,(H3,21,23,24). The van der Waals surface area contributed by atoms with Gasteiger partial charge in [-0.15, -0.1) is 0 Å². The Kier molecular flexibility index (Phi) is 5.82. The number of guanidine groups is 1. The number of nitrogens with one attached hydrogen (secondary N) is 1. The van der Waals surface area contributed by atoms with Crippen molar-refractivity contribution in [3.8, 4) is 11.6 Å². The first-order valence-electron chi connectivity index (χ1n) is 8.64. The maximum atomic E-state index is 13.1. The lowest BCUT2D eigenvalue weighted by molar-refractivity contribution is 0.412. The van der Waals surface area contributed by atoms with Gasteiger partial charge in [0.15, 0.2) is 5.96 Å². The van der Waals surface area contributed by atoms with Crippen molar-refractivity contribution in [1.82, 2.24) is 10.3 Å². The summed E-state index contributed by atoms with van der Waals surface area (Å²) in [6, 6.07) is 10.0. The number of aromatic nitrogens is 1. The first kappa shape index (κ1) is 17.2. The van der Waals surface area contributed by atoms with Crippen LogP contribution >= 0.6 is 0 Å². The van der Waals surface area contributed by atoms with Gasteiger partial charge in [0, 0.05) is 24.4 Å². The first-order chi connectivity index (χ1) is 12.2. The Labute approximate surface area is 147 Å². The monoisotopic (exact) mass is 342 g/mol. The van der Waals surface area contributed by atoms with E-state index in [1.54, 1.807) is 24.4 Å². The third-order valence-corrected chi connectivity index (χ3v) is 4.21. The van der Waals surface area contributed by atoms with Gasteiger partial charge in [0.05, 0.1) is 6.54 Å². The molecule has 3 rings (SSSR count). The highest BCUT2D eigenvalue weighted by Crippen LogP contribution is 2.20. The second-order valence-corrected chi connectivity index (χ2v) is 6.24. The Hall–Kier alpha value is -2.63. The number of hydrogen-bond acceptors (Lipinski definition) is 3. The fourth-order valence-electron chi connectivity index (χ4n) is 2.89. The minimum Gasteiger partial charge on any atom is -0.439 e. The number of rotatable bonds is 5. The normalized spacial score (nSPS) is 15.8. The molecule has 1 aliphatic rings. The summed E-state index contributed by atoms with van der Waals surface area (Å²) in [4.78, 5) is 8.59. The van der Waals surface area contributed by atoms with Gasteiger partial charge in [-0.3, -0.25) is 0 Å². The third-order valence-electron chi connectivity index (χ3n) is 4.21. The maximum absolute atomic E-state index is 13.1. The topological polar surface area (TPSA) is 72.5 Å². The zero-order chi connectivity index (χ0) is 17.5. The second-order valence-electron chi connectivity index (χ2n) is 6.24. The molecule has 1 aliphatic carbocycles. The zero-order valence-corrected chi connectivity index (χ0v) is 14.1. The van der Waals surface area contributed by atoms with Gasteiger partial charge >= 0.3 is 0 Å². The maximum Gasteiger partial charge on any atom is 0.219 e. The molecule has 5 nitrogen and oxygen atoms in total. The van der Waals surface area contributed by atoms with Crippen LogP contribution in [0.1, 0.15) is 37.7 Å². The summed E-state index contributed by atoms with van der Waals surface area (Å²) in [5.74, 6) is 0.960. The van der Waals surface area contributed by atoms with Crippen LogP contribution < -0.4 is 15.8 Å². The molecule has 0 radical (unpaired) electrons. The van der Waals surface area contributed by atoms with Crippen LogP contribution in [0.3, 0.4) is 0 Å². The molecule has 0 amide bonds. The van der Waals surface area contributed by atoms with E-state index < -0.39 is 0 Å². The Balaban J connectivity index is 1.52. The SMILES string of the molecule is NC(=NCc1ccc(Oc2cccc(F)c2)nc1)NC1CCCCC1. The minimum atomic E-state index is -0.343. The highest BCUT2D eigenvalue weighted by Gasteiger charge is 2.13. The highest BCUT2D eigenvalue weighted by atomic mass is 19.1. The van der Waals surface area contributed by atoms with Crippen molar-refractivity contribution in [2.24, 2.45) is 10.7 Å². The molecular formula is C19H23FN4O. The summed E-state index contributed by atoms with van der Waals surface area (Å²) in [7, 11) is 0. The van der Waals surface area contributed by atoms with E-state index in [1.165, 1.54) is 31.4 Å². The molecule has 0 unspecified atom stereocenters. The first-order valence-corrected chi connectivity index (χ1v) is 8.64. The summed E-state index contributed by atoms with van der Waals surface area (Å²) in [6.07, 6.45) is 7.81. The van der Waals surface area contributed by atoms with Crippen molar-refractivity contribution < 1.29 is 9.13 Å². The number of hydrogen-bond donors (Lipinski definition) is 2. The van der Waals surface area contributed by atoms with E-state index >= 15 is 0 Å². The largest absolute Gasteiger partial charge is 0.439 e. The molecule has 0 spiro atoms. The van der Waals surface area contributed by atoms with Gasteiger partial charge in [-0.05, 0) is 30.5 Å². The van der Waals surface area contributed by atoms with Crippen LogP contribution in [0.4, 0.5) is 4.39 Å². The number of halogens is 1. The van der Waals surface area contributed by atoms with Crippen molar-refractivity contribution >= 4 is 5.96 Å². The Bertz CT molecular complexity index is 712. The minimum absolute atomic E-state index is 0.343. The van der Waals surface area contributed by atoms with Crippen LogP contribution in [-0.2, 0) is 6.54 Å². The van der Waals surface area contributed by atoms with Crippen LogP contribution in [0.2, 0.25) is 0 Å². The lowest BCUT2D eigenvalue weighted by Crippen LogP contribution is -2.41. The van der Waals surface area contributed by atoms with Gasteiger partial charge in [0.25, 0.3) is 0 Å². The summed E-state index contributed by atoms with van der Waals surface area (Å²) < 4.78 is 18.7. The van der Waals surface area contributed by atoms with Gasteiger partial charge in [0.1, 0.15) is 11.6 Å². The summed E-state index contributed by atoms with van der Waals surface area (Å²) in [5, 5.41) is 3.29. The van der Waals surface area contributed by atoms with E-state index in [9.17, 15) is 4.39 Å². The van der Waals surface area contributed by atoms with E-state index in [0.29, 0.717) is 30.2 Å². The summed E-state index contributed by atoms with van der Waals surface area (Å²) in [5.41, 5.74) is 6.89. The van der Waals surface area contributed by atoms with Gasteiger partial charge in [-0.1, -0.05) is 31.4 Å². The zero-order valence-electron chi connectivity index (χ0n) is 14.1. The van der Waals surface area contributed by atoms with E-state index in [1.807, 2.05) is 6.07 Å². The van der Waals surface area contributed by atoms with Crippen LogP contribution in [0.5, 0.6) is 11.6 Å². The lowest BCUT2D eigenvalue weighted by Gasteiger charge is -2.23. The lowest BCUT2D eigenvalue weighted by atomic mass is 9.96. The highest BCUT2D eigenvalue weighted by molar-refractivity contribution is 5.78. The van der Waals surface area contributed by atoms with E-state index in [2.05, 4.69) is 15.3 Å². The molecule has 3 N–H and O–H groups in total. The Morgan fingerprint density at radius 3 is 2.80 bits per heavy atom. The van der Waals surface area contributed by atoms with Crippen molar-refractivity contribution in [3.05, 3.63) is 54.0 Å². The average Bonchev–Trinajstić information content (AvgIpc) is 2.62. The van der Waals surface area contributed by atoms with Crippen LogP contribution in [0.15, 0.2) is 47.6 Å². The fraction of sp³-hybridized carbons (Fsp3) is 0.368. The smallest absolute Gasteiger partial charge is 0.219 e. The molecular weight excluding hydrogens is 319 g/mol. The van der Waals surface area contributed by atoms with Crippen molar-refractivity contribution in [3.63, 3.8) is 0 Å². The molecule has 0 saturated heterocycles. The molecule has 0 atom stereocenters. The summed E-state index contributed by atoms with van der Waals surface area (Å²) in [6.45, 7) is 0.457. The molecule has 25 heavy (non-hydrogen) atoms. The van der Waals surface area contributed by atoms with Crippen LogP contribution in [0.25, 0.3) is 0 Å². The van der Waals surface area contributed by atoms with Crippen LogP contribution in [0, 0.1) is 5.82 Å². The van der Waals surface area contributed by atoms with E-state index in [-0.39, 0.29) is 5.82 Å². The van der Waals surface area contributed by atoms with Crippen molar-refractivity contribution in [1.29, 1.82) is 0 Å². The van der Waals surface area contributed by atoms with Crippen LogP contribution in [-0.4, -0.2) is 17.0 Å². The molecule has 132 valence electrons. The summed E-state index contributed by atoms with van der Waals surface area (Å²) >= 11 is 0. The molecule has 1 fully saturated rings. The molecule has 0 aliphatic heterocycles. The molecule has 2 aromatic rings. The number of nitrogens with zero attached hydrogens (tertiary/aromatic N) is 2. The molecule has 0 bridgehead atoms. The van der Waals surface area contributed by atoms with E-state index in [0.717, 1.165) is 18.4 Å². The van der Waals surface area contributed by atoms with Gasteiger partial charge in [0.2, 0.25) is 5.88 Å². The number of pyridine rings is 1. The van der Waals surface area contributed by atoms with E-state index in [4.69, 9.17) is 10.5 Å².